The Morgan fingerprint density at radius 2 is 2.19 bits per heavy atom. The first-order valence-electron chi connectivity index (χ1n) is 6.00. The molecular weight excluding hydrogens is 317 g/mol. The fourth-order valence-corrected chi connectivity index (χ4v) is 2.31. The van der Waals surface area contributed by atoms with E-state index in [1.165, 1.54) is 17.1 Å². The highest BCUT2D eigenvalue weighted by Gasteiger charge is 2.31. The summed E-state index contributed by atoms with van der Waals surface area (Å²) in [4.78, 5) is 27.8. The van der Waals surface area contributed by atoms with E-state index in [2.05, 4.69) is 20.7 Å². The van der Waals surface area contributed by atoms with Crippen LogP contribution in [0.15, 0.2) is 24.5 Å². The molecule has 2 aromatic rings. The van der Waals surface area contributed by atoms with Crippen LogP contribution < -0.4 is 10.6 Å². The Labute approximate surface area is 129 Å². The molecule has 0 bridgehead atoms. The van der Waals surface area contributed by atoms with Crippen LogP contribution in [-0.2, 0) is 9.59 Å². The van der Waals surface area contributed by atoms with E-state index in [0.717, 1.165) is 0 Å². The second-order valence-electron chi connectivity index (χ2n) is 4.41. The highest BCUT2D eigenvalue weighted by Crippen LogP contribution is 2.27. The minimum Gasteiger partial charge on any atom is -0.324 e. The molecule has 3 rings (SSSR count). The van der Waals surface area contributed by atoms with Crippen molar-refractivity contribution < 1.29 is 9.59 Å². The van der Waals surface area contributed by atoms with Crippen molar-refractivity contribution in [1.29, 1.82) is 0 Å². The van der Waals surface area contributed by atoms with Crippen molar-refractivity contribution in [3.8, 4) is 0 Å². The average Bonchev–Trinajstić information content (AvgIpc) is 2.90. The molecule has 1 unspecified atom stereocenters. The van der Waals surface area contributed by atoms with Gasteiger partial charge in [-0.25, -0.2) is 4.68 Å². The van der Waals surface area contributed by atoms with Gasteiger partial charge in [-0.2, -0.15) is 10.1 Å². The standard InChI is InChI=1S/C12H9Cl2N5O2/c13-7-2-1-6(3-8(7)14)17-11(21)9-4-10(20)18-12-15-5-16-19(9)12/h1-3,5,9H,4H2,(H,17,21)(H,15,16,18,20). The van der Waals surface area contributed by atoms with Gasteiger partial charge in [0, 0.05) is 5.69 Å². The van der Waals surface area contributed by atoms with Crippen molar-refractivity contribution in [2.24, 2.45) is 0 Å². The SMILES string of the molecule is O=C1CC(C(=O)Nc2ccc(Cl)c(Cl)c2)n2ncnc2N1. The van der Waals surface area contributed by atoms with Crippen LogP contribution in [0.3, 0.4) is 0 Å². The Bertz CT molecular complexity index is 730. The monoisotopic (exact) mass is 325 g/mol. The Morgan fingerprint density at radius 3 is 2.95 bits per heavy atom. The lowest BCUT2D eigenvalue weighted by Gasteiger charge is -2.22. The Hall–Kier alpha value is -2.12. The number of nitrogens with one attached hydrogen (secondary N) is 2. The number of nitrogens with zero attached hydrogens (tertiary/aromatic N) is 3. The van der Waals surface area contributed by atoms with Gasteiger partial charge in [0.2, 0.25) is 17.8 Å². The summed E-state index contributed by atoms with van der Waals surface area (Å²) in [5.41, 5.74) is 0.488. The van der Waals surface area contributed by atoms with Gasteiger partial charge in [0.1, 0.15) is 12.4 Å². The van der Waals surface area contributed by atoms with E-state index in [4.69, 9.17) is 23.2 Å². The molecule has 9 heteroatoms. The summed E-state index contributed by atoms with van der Waals surface area (Å²) in [5, 5.41) is 9.89. The number of carbonyl (C=O) groups is 2. The molecule has 0 fully saturated rings. The number of fused-ring (bicyclic) bond motifs is 1. The topological polar surface area (TPSA) is 88.9 Å². The van der Waals surface area contributed by atoms with Crippen LogP contribution in [0.25, 0.3) is 0 Å². The zero-order valence-electron chi connectivity index (χ0n) is 10.5. The molecular formula is C12H9Cl2N5O2. The summed E-state index contributed by atoms with van der Waals surface area (Å²) in [5.74, 6) is -0.416. The molecule has 2 amide bonds. The van der Waals surface area contributed by atoms with Gasteiger partial charge < -0.3 is 5.32 Å². The minimum atomic E-state index is -0.759. The number of carbonyl (C=O) groups excluding carboxylic acids is 2. The van der Waals surface area contributed by atoms with Crippen molar-refractivity contribution in [2.45, 2.75) is 12.5 Å². The van der Waals surface area contributed by atoms with Crippen LogP contribution in [0, 0.1) is 0 Å². The first-order chi connectivity index (χ1) is 10.0. The number of amides is 2. The van der Waals surface area contributed by atoms with Crippen LogP contribution in [0.1, 0.15) is 12.5 Å². The molecule has 0 aliphatic carbocycles. The van der Waals surface area contributed by atoms with Crippen molar-refractivity contribution in [3.05, 3.63) is 34.6 Å². The second kappa shape index (κ2) is 5.34. The number of rotatable bonds is 2. The fraction of sp³-hybridized carbons (Fsp3) is 0.167. The number of halogens is 2. The lowest BCUT2D eigenvalue weighted by molar-refractivity contribution is -0.125. The number of hydrogen-bond donors (Lipinski definition) is 2. The predicted molar refractivity (Wildman–Crippen MR) is 77.4 cm³/mol. The summed E-state index contributed by atoms with van der Waals surface area (Å²) >= 11 is 11.7. The zero-order chi connectivity index (χ0) is 15.0. The van der Waals surface area contributed by atoms with Crippen LogP contribution in [0.5, 0.6) is 0 Å². The quantitative estimate of drug-likeness (QED) is 0.884. The van der Waals surface area contributed by atoms with E-state index in [1.807, 2.05) is 0 Å². The first kappa shape index (κ1) is 13.8. The van der Waals surface area contributed by atoms with Gasteiger partial charge in [-0.3, -0.25) is 14.9 Å². The summed E-state index contributed by atoms with van der Waals surface area (Å²) in [6.45, 7) is 0. The smallest absolute Gasteiger partial charge is 0.249 e. The average molecular weight is 326 g/mol. The highest BCUT2D eigenvalue weighted by atomic mass is 35.5. The lowest BCUT2D eigenvalue weighted by atomic mass is 10.1. The predicted octanol–water partition coefficient (Wildman–Crippen LogP) is 2.11. The van der Waals surface area contributed by atoms with Crippen molar-refractivity contribution in [2.75, 3.05) is 10.6 Å². The third-order valence-corrected chi connectivity index (χ3v) is 3.73. The molecule has 1 aliphatic rings. The van der Waals surface area contributed by atoms with E-state index in [-0.39, 0.29) is 24.2 Å². The van der Waals surface area contributed by atoms with Crippen LogP contribution in [0.2, 0.25) is 10.0 Å². The Balaban J connectivity index is 1.83. The maximum atomic E-state index is 12.3. The van der Waals surface area contributed by atoms with Gasteiger partial charge in [-0.15, -0.1) is 0 Å². The molecule has 0 saturated carbocycles. The van der Waals surface area contributed by atoms with E-state index in [9.17, 15) is 9.59 Å². The molecule has 7 nitrogen and oxygen atoms in total. The fourth-order valence-electron chi connectivity index (χ4n) is 2.01. The number of anilines is 2. The molecule has 1 atom stereocenters. The van der Waals surface area contributed by atoms with E-state index >= 15 is 0 Å². The third-order valence-electron chi connectivity index (χ3n) is 2.99. The first-order valence-corrected chi connectivity index (χ1v) is 6.75. The van der Waals surface area contributed by atoms with Gasteiger partial charge in [-0.05, 0) is 18.2 Å². The van der Waals surface area contributed by atoms with Gasteiger partial charge in [0.15, 0.2) is 0 Å². The Morgan fingerprint density at radius 1 is 1.38 bits per heavy atom. The third kappa shape index (κ3) is 2.70. The molecule has 2 heterocycles. The second-order valence-corrected chi connectivity index (χ2v) is 5.23. The molecule has 0 spiro atoms. The summed E-state index contributed by atoms with van der Waals surface area (Å²) in [6.07, 6.45) is 1.27. The molecule has 1 aromatic carbocycles. The summed E-state index contributed by atoms with van der Waals surface area (Å²) < 4.78 is 1.37. The molecule has 1 aromatic heterocycles. The molecule has 1 aliphatic heterocycles. The van der Waals surface area contributed by atoms with Gasteiger partial charge >= 0.3 is 0 Å². The molecule has 108 valence electrons. The van der Waals surface area contributed by atoms with Crippen molar-refractivity contribution in [3.63, 3.8) is 0 Å². The van der Waals surface area contributed by atoms with Crippen molar-refractivity contribution >= 4 is 46.7 Å². The maximum absolute atomic E-state index is 12.3. The van der Waals surface area contributed by atoms with Crippen LogP contribution in [0.4, 0.5) is 11.6 Å². The largest absolute Gasteiger partial charge is 0.324 e. The van der Waals surface area contributed by atoms with E-state index in [1.54, 1.807) is 12.1 Å². The Kier molecular flexibility index (Phi) is 3.52. The van der Waals surface area contributed by atoms with Gasteiger partial charge in [-0.1, -0.05) is 23.2 Å². The molecule has 2 N–H and O–H groups in total. The highest BCUT2D eigenvalue weighted by molar-refractivity contribution is 6.42. The molecule has 0 saturated heterocycles. The van der Waals surface area contributed by atoms with Gasteiger partial charge in [0.25, 0.3) is 0 Å². The summed E-state index contributed by atoms with van der Waals surface area (Å²) in [6, 6.07) is 3.98. The molecule has 21 heavy (non-hydrogen) atoms. The van der Waals surface area contributed by atoms with E-state index in [0.29, 0.717) is 15.7 Å². The lowest BCUT2D eigenvalue weighted by Crippen LogP contribution is -2.35. The zero-order valence-corrected chi connectivity index (χ0v) is 12.0. The minimum absolute atomic E-state index is 0.0104. The number of hydrogen-bond acceptors (Lipinski definition) is 4. The van der Waals surface area contributed by atoms with Gasteiger partial charge in [0.05, 0.1) is 16.5 Å². The van der Waals surface area contributed by atoms with Crippen LogP contribution in [-0.4, -0.2) is 26.6 Å². The number of aromatic nitrogens is 3. The number of benzene rings is 1. The maximum Gasteiger partial charge on any atom is 0.249 e. The van der Waals surface area contributed by atoms with E-state index < -0.39 is 6.04 Å². The van der Waals surface area contributed by atoms with Crippen molar-refractivity contribution in [1.82, 2.24) is 14.8 Å². The summed E-state index contributed by atoms with van der Waals surface area (Å²) in [7, 11) is 0. The molecule has 0 radical (unpaired) electrons. The normalized spacial score (nSPS) is 17.0. The van der Waals surface area contributed by atoms with Crippen LogP contribution >= 0.6 is 23.2 Å².